The number of nitrogen functional groups attached to an aromatic ring is 1. The van der Waals surface area contributed by atoms with Gasteiger partial charge in [0.05, 0.1) is 32.2 Å². The molecule has 2 aromatic rings. The molecule has 4 N–H and O–H groups in total. The summed E-state index contributed by atoms with van der Waals surface area (Å²) in [6, 6.07) is 0. The third-order valence-corrected chi connectivity index (χ3v) is 13.0. The lowest BCUT2D eigenvalue weighted by atomic mass is 9.50. The molecule has 1 atom stereocenters. The number of hydrogen-bond donors (Lipinski definition) is 3. The minimum atomic E-state index is -3.97. The van der Waals surface area contributed by atoms with Gasteiger partial charge >= 0.3 is 11.9 Å². The maximum Gasteiger partial charge on any atom is 0.326 e. The van der Waals surface area contributed by atoms with Gasteiger partial charge in [-0.25, -0.2) is 42.7 Å². The Morgan fingerprint density at radius 1 is 0.902 bits per heavy atom. The van der Waals surface area contributed by atoms with Crippen LogP contribution in [0.3, 0.4) is 0 Å². The average Bonchev–Trinajstić information content (AvgIpc) is 3.35. The lowest BCUT2D eigenvalue weighted by Gasteiger charge is -2.57. The molecule has 13 nitrogen and oxygen atoms in total. The summed E-state index contributed by atoms with van der Waals surface area (Å²) in [6.45, 7) is 8.05. The number of imidazole rings is 1. The maximum absolute atomic E-state index is 14.7. The van der Waals surface area contributed by atoms with Gasteiger partial charge < -0.3 is 24.5 Å². The second kappa shape index (κ2) is 12.9. The predicted molar refractivity (Wildman–Crippen MR) is 178 cm³/mol. The number of halogens is 4. The van der Waals surface area contributed by atoms with Gasteiger partial charge in [-0.2, -0.15) is 0 Å². The molecular formula is C33H48F4N7O6P. The number of alkyl halides is 4. The zero-order chi connectivity index (χ0) is 37.3. The van der Waals surface area contributed by atoms with Gasteiger partial charge in [0.25, 0.3) is 0 Å². The monoisotopic (exact) mass is 745 g/mol. The van der Waals surface area contributed by atoms with Gasteiger partial charge in [-0.05, 0) is 83.0 Å². The largest absolute Gasteiger partial charge is 0.464 e. The van der Waals surface area contributed by atoms with E-state index in [4.69, 9.17) is 19.9 Å². The van der Waals surface area contributed by atoms with E-state index < -0.39 is 54.8 Å². The van der Waals surface area contributed by atoms with Gasteiger partial charge in [0.1, 0.15) is 29.3 Å². The Balaban J connectivity index is 1.07. The molecule has 0 aliphatic heterocycles. The Morgan fingerprint density at radius 3 is 1.82 bits per heavy atom. The number of fused-ring (bicyclic) bond motifs is 1. The summed E-state index contributed by atoms with van der Waals surface area (Å²) in [7, 11) is -3.97. The lowest BCUT2D eigenvalue weighted by molar-refractivity contribution is -0.213. The van der Waals surface area contributed by atoms with Crippen LogP contribution in [0.1, 0.15) is 86.0 Å². The zero-order valence-electron chi connectivity index (χ0n) is 29.6. The van der Waals surface area contributed by atoms with Crippen LogP contribution in [0.2, 0.25) is 0 Å². The Bertz CT molecular complexity index is 1620. The Kier molecular flexibility index (Phi) is 9.58. The molecule has 0 amide bonds. The molecule has 284 valence electrons. The first-order valence-electron chi connectivity index (χ1n) is 17.3. The van der Waals surface area contributed by atoms with Crippen molar-refractivity contribution >= 4 is 36.4 Å². The molecule has 0 radical (unpaired) electrons. The summed E-state index contributed by atoms with van der Waals surface area (Å²) in [5, 5.41) is 5.74. The number of ether oxygens (including phenoxy) is 3. The molecule has 0 saturated heterocycles. The van der Waals surface area contributed by atoms with Crippen LogP contribution in [0.5, 0.6) is 0 Å². The summed E-state index contributed by atoms with van der Waals surface area (Å²) in [4.78, 5) is 39.0. The van der Waals surface area contributed by atoms with Crippen LogP contribution in [0, 0.1) is 22.7 Å². The highest BCUT2D eigenvalue weighted by Crippen LogP contribution is 2.65. The molecular weight excluding hydrogens is 697 g/mol. The first-order chi connectivity index (χ1) is 23.5. The van der Waals surface area contributed by atoms with Gasteiger partial charge in [-0.1, -0.05) is 0 Å². The van der Waals surface area contributed by atoms with Crippen molar-refractivity contribution in [3.05, 3.63) is 12.7 Å². The van der Waals surface area contributed by atoms with Crippen LogP contribution in [0.15, 0.2) is 12.7 Å². The molecule has 4 aliphatic rings. The van der Waals surface area contributed by atoms with Crippen molar-refractivity contribution in [3.63, 3.8) is 0 Å². The van der Waals surface area contributed by atoms with Crippen molar-refractivity contribution in [1.29, 1.82) is 0 Å². The van der Waals surface area contributed by atoms with E-state index in [0.29, 0.717) is 36.8 Å². The van der Waals surface area contributed by atoms with Crippen LogP contribution >= 0.6 is 7.44 Å². The number of nitrogens with two attached hydrogens (primary N) is 1. The van der Waals surface area contributed by atoms with Crippen LogP contribution in [0.25, 0.3) is 11.2 Å². The zero-order valence-corrected chi connectivity index (χ0v) is 30.5. The van der Waals surface area contributed by atoms with E-state index in [1.807, 2.05) is 0 Å². The molecule has 4 fully saturated rings. The quantitative estimate of drug-likeness (QED) is 0.120. The summed E-state index contributed by atoms with van der Waals surface area (Å²) < 4.78 is 87.2. The van der Waals surface area contributed by atoms with Crippen LogP contribution in [0.4, 0.5) is 23.4 Å². The predicted octanol–water partition coefficient (Wildman–Crippen LogP) is 5.44. The van der Waals surface area contributed by atoms with E-state index in [1.54, 1.807) is 11.5 Å². The Labute approximate surface area is 294 Å². The first-order valence-corrected chi connectivity index (χ1v) is 19.2. The fourth-order valence-electron chi connectivity index (χ4n) is 8.66. The number of carbonyl (C=O) groups is 2. The molecule has 51 heavy (non-hydrogen) atoms. The van der Waals surface area contributed by atoms with Crippen molar-refractivity contribution in [3.8, 4) is 0 Å². The second-order valence-corrected chi connectivity index (χ2v) is 19.0. The van der Waals surface area contributed by atoms with Crippen molar-refractivity contribution < 1.29 is 45.9 Å². The Hall–Kier alpha value is -2.88. The molecule has 0 aromatic carbocycles. The fraction of sp³-hybridized carbons (Fsp3) is 0.788. The SMILES string of the molecule is C[C@H](Cn1cnc2c(N)ncnc21)OCP(=O)(NC(C)(C)C(=O)OCC1CC2(C1)CC(F)(F)C2)NC(C)(C)C(=O)OCC1CC2(C1)CC(F)(F)C2. The number of nitrogens with zero attached hydrogens (tertiary/aromatic N) is 4. The molecule has 2 heterocycles. The number of rotatable bonds is 15. The number of hydrogen-bond acceptors (Lipinski definition) is 10. The molecule has 6 rings (SSSR count). The van der Waals surface area contributed by atoms with Crippen molar-refractivity contribution in [1.82, 2.24) is 29.7 Å². The molecule has 2 spiro atoms. The summed E-state index contributed by atoms with van der Waals surface area (Å²) in [5.41, 5.74) is 3.02. The van der Waals surface area contributed by atoms with Crippen molar-refractivity contribution in [2.45, 2.75) is 122 Å². The highest BCUT2D eigenvalue weighted by molar-refractivity contribution is 7.59. The number of nitrogens with one attached hydrogen (secondary N) is 2. The van der Waals surface area contributed by atoms with E-state index in [9.17, 15) is 31.7 Å². The number of aromatic nitrogens is 4. The van der Waals surface area contributed by atoms with Gasteiger partial charge in [0.15, 0.2) is 11.5 Å². The van der Waals surface area contributed by atoms with Gasteiger partial charge in [0.2, 0.25) is 19.3 Å². The molecule has 0 unspecified atom stereocenters. The van der Waals surface area contributed by atoms with Gasteiger partial charge in [-0.15, -0.1) is 0 Å². The summed E-state index contributed by atoms with van der Waals surface area (Å²) in [5.74, 6) is -6.50. The van der Waals surface area contributed by atoms with Crippen molar-refractivity contribution in [2.24, 2.45) is 22.7 Å². The second-order valence-electron chi connectivity index (χ2n) is 16.8. The van der Waals surface area contributed by atoms with Crippen LogP contribution < -0.4 is 15.9 Å². The van der Waals surface area contributed by atoms with E-state index in [-0.39, 0.29) is 73.9 Å². The number of esters is 2. The highest BCUT2D eigenvalue weighted by atomic mass is 31.2. The minimum Gasteiger partial charge on any atom is -0.464 e. The number of anilines is 1. The standard InChI is InChI=1S/C33H48F4N7O6P/c1-20(10-44-18-41-23-24(38)39-17-40-25(23)44)50-19-51(47,42-28(2,3)26(45)48-11-21-6-30(7-21)13-32(34,35)14-30)43-29(4,5)27(46)49-12-22-8-31(9-22)15-33(36,37)16-31/h17-18,20-22H,6-16,19H2,1-5H3,(H2,38,39,40)(H2,42,43,47)/t20-/m1/s1. The van der Waals surface area contributed by atoms with E-state index in [0.717, 1.165) is 0 Å². The molecule has 0 bridgehead atoms. The molecule has 2 aromatic heterocycles. The fourth-order valence-corrected chi connectivity index (χ4v) is 11.3. The molecule has 18 heteroatoms. The maximum atomic E-state index is 14.7. The first kappa shape index (κ1) is 37.9. The summed E-state index contributed by atoms with van der Waals surface area (Å²) in [6.07, 6.45) is 3.53. The minimum absolute atomic E-state index is 0.0325. The Morgan fingerprint density at radius 2 is 1.37 bits per heavy atom. The topological polar surface area (TPSA) is 173 Å². The molecule has 4 aliphatic carbocycles. The number of carbonyl (C=O) groups excluding carboxylic acids is 2. The van der Waals surface area contributed by atoms with Crippen LogP contribution in [-0.2, 0) is 34.9 Å². The third-order valence-electron chi connectivity index (χ3n) is 10.7. The van der Waals surface area contributed by atoms with Crippen molar-refractivity contribution in [2.75, 3.05) is 25.3 Å². The van der Waals surface area contributed by atoms with Crippen LogP contribution in [-0.4, -0.2) is 80.0 Å². The van der Waals surface area contributed by atoms with Gasteiger partial charge in [0, 0.05) is 25.7 Å². The third kappa shape index (κ3) is 8.21. The highest BCUT2D eigenvalue weighted by Gasteiger charge is 2.63. The van der Waals surface area contributed by atoms with E-state index in [2.05, 4.69) is 25.1 Å². The smallest absolute Gasteiger partial charge is 0.326 e. The van der Waals surface area contributed by atoms with E-state index >= 15 is 0 Å². The molecule has 4 saturated carbocycles. The van der Waals surface area contributed by atoms with Gasteiger partial charge in [-0.3, -0.25) is 14.2 Å². The normalized spacial score (nSPS) is 22.8. The average molecular weight is 746 g/mol. The summed E-state index contributed by atoms with van der Waals surface area (Å²) >= 11 is 0. The van der Waals surface area contributed by atoms with E-state index in [1.165, 1.54) is 40.3 Å². The lowest BCUT2D eigenvalue weighted by Crippen LogP contribution is -2.56.